The van der Waals surface area contributed by atoms with E-state index in [-0.39, 0.29) is 42.3 Å². The molecule has 1 aliphatic heterocycles. The molecule has 8 nitrogen and oxygen atoms in total. The van der Waals surface area contributed by atoms with Gasteiger partial charge in [0.2, 0.25) is 5.95 Å². The third-order valence-electron chi connectivity index (χ3n) is 7.79. The minimum Gasteiger partial charge on any atom is -0.494 e. The van der Waals surface area contributed by atoms with E-state index in [2.05, 4.69) is 32.1 Å². The lowest BCUT2D eigenvalue weighted by Gasteiger charge is -2.34. The molecular weight excluding hydrogens is 511 g/mol. The van der Waals surface area contributed by atoms with E-state index in [0.29, 0.717) is 17.9 Å². The van der Waals surface area contributed by atoms with Gasteiger partial charge in [0.25, 0.3) is 0 Å². The summed E-state index contributed by atoms with van der Waals surface area (Å²) in [6, 6.07) is 5.72. The molecule has 4 rings (SSSR count). The number of nitrogens with zero attached hydrogens (tertiary/aromatic N) is 4. The highest BCUT2D eigenvalue weighted by atomic mass is 19.4. The molecule has 1 saturated heterocycles. The number of carbonyl (C=O) groups is 1. The van der Waals surface area contributed by atoms with E-state index >= 15 is 0 Å². The Morgan fingerprint density at radius 2 is 1.82 bits per heavy atom. The SMILES string of the molecule is COCC(=O)C[C@@H]1CCCC[C@H]1Cc1nc(Nc2ccc(N3CCN(C)CC3)cc2OC)ncc1C(F)(F)F. The highest BCUT2D eigenvalue weighted by molar-refractivity contribution is 5.79. The molecule has 1 saturated carbocycles. The van der Waals surface area contributed by atoms with Crippen LogP contribution in [0.1, 0.15) is 43.4 Å². The first kappa shape index (κ1) is 29.1. The third-order valence-corrected chi connectivity index (χ3v) is 7.79. The van der Waals surface area contributed by atoms with Crippen LogP contribution in [0.3, 0.4) is 0 Å². The Bertz CT molecular complexity index is 1120. The van der Waals surface area contributed by atoms with Gasteiger partial charge in [-0.2, -0.15) is 13.2 Å². The number of piperazine rings is 1. The molecule has 214 valence electrons. The van der Waals surface area contributed by atoms with E-state index in [1.54, 1.807) is 7.11 Å². The monoisotopic (exact) mass is 549 g/mol. The van der Waals surface area contributed by atoms with Gasteiger partial charge in [-0.15, -0.1) is 0 Å². The number of ether oxygens (including phenoxy) is 2. The quantitative estimate of drug-likeness (QED) is 0.446. The molecular formula is C28H38F3N5O3. The number of Topliss-reactive ketones (excluding diaryl/α,β-unsaturated/α-hetero) is 1. The second-order valence-corrected chi connectivity index (χ2v) is 10.5. The molecule has 0 amide bonds. The summed E-state index contributed by atoms with van der Waals surface area (Å²) in [6.45, 7) is 3.75. The molecule has 0 unspecified atom stereocenters. The first-order chi connectivity index (χ1) is 18.7. The van der Waals surface area contributed by atoms with Crippen molar-refractivity contribution in [2.24, 2.45) is 11.8 Å². The maximum atomic E-state index is 13.9. The summed E-state index contributed by atoms with van der Waals surface area (Å²) >= 11 is 0. The lowest BCUT2D eigenvalue weighted by molar-refractivity contribution is -0.139. The van der Waals surface area contributed by atoms with Crippen molar-refractivity contribution >= 4 is 23.1 Å². The number of anilines is 3. The van der Waals surface area contributed by atoms with Gasteiger partial charge >= 0.3 is 6.18 Å². The zero-order chi connectivity index (χ0) is 28.0. The van der Waals surface area contributed by atoms with Crippen molar-refractivity contribution in [3.05, 3.63) is 35.7 Å². The summed E-state index contributed by atoms with van der Waals surface area (Å²) in [4.78, 5) is 25.1. The van der Waals surface area contributed by atoms with Crippen LogP contribution in [0, 0.1) is 11.8 Å². The van der Waals surface area contributed by atoms with Crippen LogP contribution in [-0.2, 0) is 22.1 Å². The van der Waals surface area contributed by atoms with Crippen molar-refractivity contribution in [2.45, 2.75) is 44.7 Å². The fraction of sp³-hybridized carbons (Fsp3) is 0.607. The number of halogens is 3. The van der Waals surface area contributed by atoms with Gasteiger partial charge in [0, 0.05) is 57.7 Å². The van der Waals surface area contributed by atoms with Crippen molar-refractivity contribution in [1.82, 2.24) is 14.9 Å². The molecule has 2 fully saturated rings. The average molecular weight is 550 g/mol. The average Bonchev–Trinajstić information content (AvgIpc) is 2.90. The van der Waals surface area contributed by atoms with Crippen molar-refractivity contribution in [3.8, 4) is 5.75 Å². The van der Waals surface area contributed by atoms with E-state index in [0.717, 1.165) is 63.7 Å². The highest BCUT2D eigenvalue weighted by Crippen LogP contribution is 2.39. The minimum absolute atomic E-state index is 0.0103. The lowest BCUT2D eigenvalue weighted by atomic mass is 9.74. The van der Waals surface area contributed by atoms with Crippen LogP contribution in [0.25, 0.3) is 0 Å². The molecule has 2 aromatic rings. The van der Waals surface area contributed by atoms with Gasteiger partial charge in [0.15, 0.2) is 5.78 Å². The largest absolute Gasteiger partial charge is 0.494 e. The summed E-state index contributed by atoms with van der Waals surface area (Å²) < 4.78 is 52.4. The van der Waals surface area contributed by atoms with E-state index < -0.39 is 11.7 Å². The van der Waals surface area contributed by atoms with E-state index in [9.17, 15) is 18.0 Å². The number of aromatic nitrogens is 2. The molecule has 0 radical (unpaired) electrons. The van der Waals surface area contributed by atoms with Gasteiger partial charge in [0.1, 0.15) is 12.4 Å². The van der Waals surface area contributed by atoms with Gasteiger partial charge in [-0.05, 0) is 50.3 Å². The Kier molecular flexibility index (Phi) is 9.66. The van der Waals surface area contributed by atoms with Crippen molar-refractivity contribution in [3.63, 3.8) is 0 Å². The smallest absolute Gasteiger partial charge is 0.419 e. The van der Waals surface area contributed by atoms with Crippen LogP contribution in [-0.4, -0.2) is 74.7 Å². The number of nitrogens with one attached hydrogen (secondary N) is 1. The number of rotatable bonds is 10. The van der Waals surface area contributed by atoms with Gasteiger partial charge in [-0.1, -0.05) is 12.8 Å². The maximum absolute atomic E-state index is 13.9. The van der Waals surface area contributed by atoms with Gasteiger partial charge in [-0.25, -0.2) is 9.97 Å². The first-order valence-electron chi connectivity index (χ1n) is 13.5. The zero-order valence-corrected chi connectivity index (χ0v) is 22.9. The molecule has 39 heavy (non-hydrogen) atoms. The summed E-state index contributed by atoms with van der Waals surface area (Å²) in [7, 11) is 5.12. The van der Waals surface area contributed by atoms with Crippen LogP contribution >= 0.6 is 0 Å². The number of ketones is 1. The second kappa shape index (κ2) is 13.0. The molecule has 11 heteroatoms. The predicted molar refractivity (Wildman–Crippen MR) is 144 cm³/mol. The Morgan fingerprint density at radius 1 is 1.10 bits per heavy atom. The summed E-state index contributed by atoms with van der Waals surface area (Å²) in [5, 5.41) is 3.07. The standard InChI is InChI=1S/C28H38F3N5O3/c1-35-10-12-36(13-11-35)21-8-9-24(26(16-21)39-3)33-27-32-17-23(28(29,30)31)25(34-27)15-20-7-5-4-6-19(20)14-22(37)18-38-2/h8-9,16-17,19-20H,4-7,10-15,18H2,1-3H3,(H,32,33,34)/t19-,20-/m0/s1. The van der Waals surface area contributed by atoms with E-state index in [1.807, 2.05) is 18.2 Å². The van der Waals surface area contributed by atoms with Crippen LogP contribution in [0.4, 0.5) is 30.5 Å². The first-order valence-corrected chi connectivity index (χ1v) is 13.5. The minimum atomic E-state index is -4.58. The molecule has 2 aliphatic rings. The Morgan fingerprint density at radius 3 is 2.49 bits per heavy atom. The number of alkyl halides is 3. The topological polar surface area (TPSA) is 79.8 Å². The van der Waals surface area contributed by atoms with Gasteiger partial charge in [0.05, 0.1) is 24.1 Å². The van der Waals surface area contributed by atoms with Gasteiger partial charge < -0.3 is 24.6 Å². The lowest BCUT2D eigenvalue weighted by Crippen LogP contribution is -2.44. The van der Waals surface area contributed by atoms with E-state index in [4.69, 9.17) is 9.47 Å². The molecule has 1 aliphatic carbocycles. The summed E-state index contributed by atoms with van der Waals surface area (Å²) in [5.41, 5.74) is 0.703. The third kappa shape index (κ3) is 7.60. The van der Waals surface area contributed by atoms with E-state index in [1.165, 1.54) is 7.11 Å². The van der Waals surface area contributed by atoms with Crippen LogP contribution in [0.2, 0.25) is 0 Å². The fourth-order valence-corrected chi connectivity index (χ4v) is 5.62. The van der Waals surface area contributed by atoms with Crippen LogP contribution in [0.15, 0.2) is 24.4 Å². The molecule has 2 atom stereocenters. The number of benzene rings is 1. The molecule has 1 N–H and O–H groups in total. The van der Waals surface area contributed by atoms with Crippen molar-refractivity contribution < 1.29 is 27.4 Å². The number of hydrogen-bond acceptors (Lipinski definition) is 8. The highest BCUT2D eigenvalue weighted by Gasteiger charge is 2.37. The van der Waals surface area contributed by atoms with Crippen molar-refractivity contribution in [2.75, 3.05) is 64.3 Å². The predicted octanol–water partition coefficient (Wildman–Crippen LogP) is 4.95. The summed E-state index contributed by atoms with van der Waals surface area (Å²) in [5.74, 6) is 0.548. The molecule has 1 aromatic heterocycles. The summed E-state index contributed by atoms with van der Waals surface area (Å²) in [6.07, 6.45) is 0.186. The zero-order valence-electron chi connectivity index (χ0n) is 22.9. The number of carbonyl (C=O) groups excluding carboxylic acids is 1. The molecule has 0 bridgehead atoms. The fourth-order valence-electron chi connectivity index (χ4n) is 5.62. The Hall–Kier alpha value is -2.92. The Labute approximate surface area is 227 Å². The molecule has 2 heterocycles. The molecule has 0 spiro atoms. The van der Waals surface area contributed by atoms with Crippen LogP contribution < -0.4 is 15.0 Å². The van der Waals surface area contributed by atoms with Crippen LogP contribution in [0.5, 0.6) is 5.75 Å². The molecule has 1 aromatic carbocycles. The van der Waals surface area contributed by atoms with Gasteiger partial charge in [-0.3, -0.25) is 4.79 Å². The Balaban J connectivity index is 1.56. The maximum Gasteiger partial charge on any atom is 0.419 e. The number of likely N-dealkylation sites (N-methyl/N-ethyl adjacent to an activating group) is 1. The number of methoxy groups -OCH3 is 2. The second-order valence-electron chi connectivity index (χ2n) is 10.5. The van der Waals surface area contributed by atoms with Crippen molar-refractivity contribution in [1.29, 1.82) is 0 Å². The normalized spacial score (nSPS) is 20.6. The number of hydrogen-bond donors (Lipinski definition) is 1.